The molecule has 0 bridgehead atoms. The van der Waals surface area contributed by atoms with Crippen LogP contribution in [0, 0.1) is 11.6 Å². The third kappa shape index (κ3) is 5.25. The summed E-state index contributed by atoms with van der Waals surface area (Å²) in [6, 6.07) is 3.61. The topological polar surface area (TPSA) is 130 Å². The van der Waals surface area contributed by atoms with Crippen molar-refractivity contribution in [3.05, 3.63) is 45.8 Å². The molecule has 8 nitrogen and oxygen atoms in total. The molecule has 160 valence electrons. The molecule has 1 aromatic carbocycles. The van der Waals surface area contributed by atoms with Crippen LogP contribution in [0.1, 0.15) is 12.5 Å². The Morgan fingerprint density at radius 2 is 2.07 bits per heavy atom. The number of nitrogens with one attached hydrogen (secondary N) is 2. The van der Waals surface area contributed by atoms with Crippen molar-refractivity contribution in [2.45, 2.75) is 28.9 Å². The van der Waals surface area contributed by atoms with Gasteiger partial charge in [0.25, 0.3) is 5.56 Å². The number of benzene rings is 1. The maximum atomic E-state index is 13.9. The van der Waals surface area contributed by atoms with Crippen molar-refractivity contribution in [3.8, 4) is 0 Å². The zero-order valence-corrected chi connectivity index (χ0v) is 17.6. The maximum Gasteiger partial charge on any atom is 0.282 e. The second-order valence-corrected chi connectivity index (χ2v) is 8.32. The Bertz CT molecular complexity index is 1100. The van der Waals surface area contributed by atoms with E-state index in [1.165, 1.54) is 23.9 Å². The number of aromatic amines is 1. The lowest BCUT2D eigenvalue weighted by Gasteiger charge is -2.14. The molecule has 12 heteroatoms. The zero-order valence-electron chi connectivity index (χ0n) is 16.0. The number of anilines is 1. The van der Waals surface area contributed by atoms with E-state index in [9.17, 15) is 18.7 Å². The van der Waals surface area contributed by atoms with Crippen LogP contribution in [0.25, 0.3) is 11.2 Å². The van der Waals surface area contributed by atoms with E-state index in [1.807, 2.05) is 0 Å². The number of H-pyrrole nitrogens is 1. The minimum Gasteiger partial charge on any atom is -0.394 e. The predicted molar refractivity (Wildman–Crippen MR) is 114 cm³/mol. The Kier molecular flexibility index (Phi) is 7.58. The molecule has 2 heterocycles. The van der Waals surface area contributed by atoms with Gasteiger partial charge < -0.3 is 21.1 Å². The van der Waals surface area contributed by atoms with E-state index in [2.05, 4.69) is 25.3 Å². The molecule has 0 radical (unpaired) electrons. The SMILES string of the molecule is CC(CO)Nc1nc(SCc2cccc(F)c2F)nc2[nH]c(=O)c(SCCN)nc12. The van der Waals surface area contributed by atoms with E-state index in [4.69, 9.17) is 5.73 Å². The summed E-state index contributed by atoms with van der Waals surface area (Å²) in [4.78, 5) is 28.0. The Hall–Kier alpha value is -2.28. The van der Waals surface area contributed by atoms with Crippen LogP contribution in [-0.4, -0.2) is 50.0 Å². The van der Waals surface area contributed by atoms with E-state index in [-0.39, 0.29) is 39.8 Å². The fourth-order valence-corrected chi connectivity index (χ4v) is 3.91. The maximum absolute atomic E-state index is 13.9. The Morgan fingerprint density at radius 3 is 2.80 bits per heavy atom. The largest absolute Gasteiger partial charge is 0.394 e. The second kappa shape index (κ2) is 10.2. The summed E-state index contributed by atoms with van der Waals surface area (Å²) in [5.41, 5.74) is 5.78. The van der Waals surface area contributed by atoms with Crippen molar-refractivity contribution >= 4 is 40.5 Å². The van der Waals surface area contributed by atoms with E-state index >= 15 is 0 Å². The highest BCUT2D eigenvalue weighted by Gasteiger charge is 2.16. The third-order valence-electron chi connectivity index (χ3n) is 3.90. The van der Waals surface area contributed by atoms with Gasteiger partial charge in [0.05, 0.1) is 6.61 Å². The highest BCUT2D eigenvalue weighted by Crippen LogP contribution is 2.27. The number of thioether (sulfide) groups is 2. The smallest absolute Gasteiger partial charge is 0.282 e. The number of aliphatic hydroxyl groups is 1. The number of aliphatic hydroxyl groups excluding tert-OH is 1. The number of halogens is 2. The number of hydrogen-bond donors (Lipinski definition) is 4. The van der Waals surface area contributed by atoms with Gasteiger partial charge in [-0.1, -0.05) is 35.7 Å². The Labute approximate surface area is 179 Å². The first-order chi connectivity index (χ1) is 14.4. The second-order valence-electron chi connectivity index (χ2n) is 6.29. The van der Waals surface area contributed by atoms with Gasteiger partial charge in [-0.3, -0.25) is 4.79 Å². The highest BCUT2D eigenvalue weighted by molar-refractivity contribution is 7.99. The van der Waals surface area contributed by atoms with Crippen LogP contribution >= 0.6 is 23.5 Å². The molecule has 0 aliphatic rings. The Balaban J connectivity index is 1.98. The highest BCUT2D eigenvalue weighted by atomic mass is 32.2. The molecular formula is C18H20F2N6O2S2. The van der Waals surface area contributed by atoms with Crippen LogP contribution in [-0.2, 0) is 5.75 Å². The van der Waals surface area contributed by atoms with Crippen molar-refractivity contribution in [3.63, 3.8) is 0 Å². The van der Waals surface area contributed by atoms with Gasteiger partial charge in [-0.2, -0.15) is 0 Å². The predicted octanol–water partition coefficient (Wildman–Crippen LogP) is 2.13. The van der Waals surface area contributed by atoms with E-state index in [0.29, 0.717) is 23.6 Å². The first-order valence-electron chi connectivity index (χ1n) is 9.01. The minimum atomic E-state index is -0.928. The lowest BCUT2D eigenvalue weighted by atomic mass is 10.2. The summed E-state index contributed by atoms with van der Waals surface area (Å²) in [6.07, 6.45) is 0. The zero-order chi connectivity index (χ0) is 21.7. The average molecular weight is 455 g/mol. The van der Waals surface area contributed by atoms with Crippen molar-refractivity contribution in [1.29, 1.82) is 0 Å². The molecule has 2 aromatic heterocycles. The number of nitrogens with two attached hydrogens (primary N) is 1. The molecule has 0 saturated carbocycles. The van der Waals surface area contributed by atoms with Gasteiger partial charge in [0, 0.05) is 29.7 Å². The Morgan fingerprint density at radius 1 is 1.27 bits per heavy atom. The van der Waals surface area contributed by atoms with Crippen molar-refractivity contribution in [2.75, 3.05) is 24.2 Å². The average Bonchev–Trinajstić information content (AvgIpc) is 2.73. The fraction of sp³-hybridized carbons (Fsp3) is 0.333. The summed E-state index contributed by atoms with van der Waals surface area (Å²) >= 11 is 2.30. The quantitative estimate of drug-likeness (QED) is 0.284. The van der Waals surface area contributed by atoms with Gasteiger partial charge in [0.2, 0.25) is 0 Å². The summed E-state index contributed by atoms with van der Waals surface area (Å²) in [6.45, 7) is 1.98. The monoisotopic (exact) mass is 454 g/mol. The molecule has 30 heavy (non-hydrogen) atoms. The van der Waals surface area contributed by atoms with Crippen molar-refractivity contribution in [1.82, 2.24) is 19.9 Å². The van der Waals surface area contributed by atoms with E-state index in [0.717, 1.165) is 17.8 Å². The van der Waals surface area contributed by atoms with E-state index in [1.54, 1.807) is 6.92 Å². The molecular weight excluding hydrogens is 434 g/mol. The molecule has 1 unspecified atom stereocenters. The number of rotatable bonds is 9. The number of hydrogen-bond acceptors (Lipinski definition) is 9. The van der Waals surface area contributed by atoms with Gasteiger partial charge in [-0.15, -0.1) is 0 Å². The van der Waals surface area contributed by atoms with Gasteiger partial charge in [-0.25, -0.2) is 23.7 Å². The van der Waals surface area contributed by atoms with Gasteiger partial charge in [-0.05, 0) is 13.0 Å². The summed E-state index contributed by atoms with van der Waals surface area (Å²) in [7, 11) is 0. The summed E-state index contributed by atoms with van der Waals surface area (Å²) in [5.74, 6) is -0.926. The van der Waals surface area contributed by atoms with Crippen LogP contribution in [0.3, 0.4) is 0 Å². The van der Waals surface area contributed by atoms with Gasteiger partial charge in [0.1, 0.15) is 5.52 Å². The van der Waals surface area contributed by atoms with Crippen LogP contribution in [0.4, 0.5) is 14.6 Å². The molecule has 0 aliphatic carbocycles. The minimum absolute atomic E-state index is 0.0895. The summed E-state index contributed by atoms with van der Waals surface area (Å²) < 4.78 is 27.3. The summed E-state index contributed by atoms with van der Waals surface area (Å²) in [5, 5.41) is 12.9. The molecule has 5 N–H and O–H groups in total. The molecule has 0 saturated heterocycles. The number of nitrogens with zero attached hydrogens (tertiary/aromatic N) is 3. The normalized spacial score (nSPS) is 12.3. The first kappa shape index (κ1) is 22.4. The lowest BCUT2D eigenvalue weighted by molar-refractivity contribution is 0.281. The van der Waals surface area contributed by atoms with Crippen molar-refractivity contribution < 1.29 is 13.9 Å². The molecule has 3 aromatic rings. The third-order valence-corrected chi connectivity index (χ3v) is 5.79. The first-order valence-corrected chi connectivity index (χ1v) is 11.0. The van der Waals surface area contributed by atoms with E-state index < -0.39 is 17.2 Å². The van der Waals surface area contributed by atoms with Crippen LogP contribution in [0.15, 0.2) is 33.2 Å². The number of aromatic nitrogens is 4. The molecule has 0 amide bonds. The van der Waals surface area contributed by atoms with Crippen LogP contribution in [0.5, 0.6) is 0 Å². The van der Waals surface area contributed by atoms with Gasteiger partial charge in [0.15, 0.2) is 33.3 Å². The van der Waals surface area contributed by atoms with Crippen LogP contribution < -0.4 is 16.6 Å². The van der Waals surface area contributed by atoms with Crippen molar-refractivity contribution in [2.24, 2.45) is 5.73 Å². The van der Waals surface area contributed by atoms with Crippen LogP contribution in [0.2, 0.25) is 0 Å². The molecule has 0 fully saturated rings. The number of fused-ring (bicyclic) bond motifs is 1. The molecule has 1 atom stereocenters. The standard InChI is InChI=1S/C18H20F2N6O2S2/c1-9(7-27)22-14-13-15(24-16(28)17(23-13)29-6-5-21)26-18(25-14)30-8-10-3-2-4-11(19)12(10)20/h2-4,9,27H,5-8,21H2,1H3,(H2,22,24,25,26,28). The fourth-order valence-electron chi connectivity index (χ4n) is 2.44. The molecule has 3 rings (SSSR count). The lowest BCUT2D eigenvalue weighted by Crippen LogP contribution is -2.22. The molecule has 0 spiro atoms. The molecule has 0 aliphatic heterocycles. The van der Waals surface area contributed by atoms with Gasteiger partial charge >= 0.3 is 0 Å².